The lowest BCUT2D eigenvalue weighted by Crippen LogP contribution is -2.44. The van der Waals surface area contributed by atoms with E-state index in [9.17, 15) is 9.59 Å². The number of nitrogens with zero attached hydrogens (tertiary/aromatic N) is 3. The topological polar surface area (TPSA) is 93.4 Å². The number of nitrogens with one attached hydrogen (secondary N) is 3. The highest BCUT2D eigenvalue weighted by molar-refractivity contribution is 7.21. The second-order valence-electron chi connectivity index (χ2n) is 7.85. The van der Waals surface area contributed by atoms with Crippen LogP contribution >= 0.6 is 11.3 Å². The van der Waals surface area contributed by atoms with Crippen LogP contribution in [0.3, 0.4) is 0 Å². The van der Waals surface area contributed by atoms with Crippen LogP contribution in [0.15, 0.2) is 30.3 Å². The number of hydrogen-bond acceptors (Lipinski definition) is 6. The van der Waals surface area contributed by atoms with Crippen molar-refractivity contribution in [3.63, 3.8) is 0 Å². The van der Waals surface area contributed by atoms with E-state index in [1.54, 1.807) is 6.07 Å². The van der Waals surface area contributed by atoms with Crippen LogP contribution in [-0.4, -0.2) is 66.2 Å². The van der Waals surface area contributed by atoms with Crippen LogP contribution in [0.2, 0.25) is 0 Å². The summed E-state index contributed by atoms with van der Waals surface area (Å²) >= 11 is 1.31. The van der Waals surface area contributed by atoms with Gasteiger partial charge in [-0.3, -0.25) is 14.7 Å². The number of likely N-dealkylation sites (N-methyl/N-ethyl adjacent to an activating group) is 1. The van der Waals surface area contributed by atoms with Crippen LogP contribution in [0.1, 0.15) is 33.9 Å². The summed E-state index contributed by atoms with van der Waals surface area (Å²) in [6.07, 6.45) is 0. The van der Waals surface area contributed by atoms with Gasteiger partial charge in [0.1, 0.15) is 0 Å². The van der Waals surface area contributed by atoms with Gasteiger partial charge in [-0.05, 0) is 51.2 Å². The van der Waals surface area contributed by atoms with Crippen LogP contribution in [0.5, 0.6) is 0 Å². The molecule has 4 rings (SSSR count). The van der Waals surface area contributed by atoms with E-state index in [0.29, 0.717) is 16.3 Å². The maximum absolute atomic E-state index is 12.7. The molecule has 1 fully saturated rings. The average Bonchev–Trinajstić information content (AvgIpc) is 3.30. The first-order chi connectivity index (χ1) is 14.4. The first kappa shape index (κ1) is 20.4. The molecule has 158 valence electrons. The zero-order valence-corrected chi connectivity index (χ0v) is 18.2. The minimum Gasteiger partial charge on any atom is -0.369 e. The van der Waals surface area contributed by atoms with Crippen LogP contribution in [0.25, 0.3) is 10.2 Å². The molecule has 0 radical (unpaired) electrons. The summed E-state index contributed by atoms with van der Waals surface area (Å²) in [5.74, 6) is 0.0815. The molecular weight excluding hydrogens is 400 g/mol. The standard InChI is InChI=1S/C21H26N6O2S/c1-13(2)22-21(29)17-12-16-18(30-17)19(25-24-16)23-20(28)14-4-6-15(7-5-14)27-10-8-26(3)9-11-27/h4-7,12-13H,8-11H2,1-3H3,(H,22,29)(H2,23,24,25,28). The molecule has 0 atom stereocenters. The Morgan fingerprint density at radius 2 is 1.80 bits per heavy atom. The molecule has 1 aliphatic rings. The monoisotopic (exact) mass is 426 g/mol. The SMILES string of the molecule is CC(C)NC(=O)c1cc2[nH]nc(NC(=O)c3ccc(N4CCN(C)CC4)cc3)c2s1. The predicted molar refractivity (Wildman–Crippen MR) is 121 cm³/mol. The van der Waals surface area contributed by atoms with Gasteiger partial charge in [-0.1, -0.05) is 0 Å². The number of aromatic amines is 1. The largest absolute Gasteiger partial charge is 0.369 e. The fourth-order valence-electron chi connectivity index (χ4n) is 3.41. The molecule has 0 spiro atoms. The second kappa shape index (κ2) is 8.45. The molecule has 30 heavy (non-hydrogen) atoms. The van der Waals surface area contributed by atoms with E-state index in [1.165, 1.54) is 11.3 Å². The van der Waals surface area contributed by atoms with Crippen LogP contribution in [-0.2, 0) is 0 Å². The third kappa shape index (κ3) is 4.31. The number of fused-ring (bicyclic) bond motifs is 1. The Balaban J connectivity index is 1.45. The molecule has 3 N–H and O–H groups in total. The Labute approximate surface area is 179 Å². The molecule has 3 aromatic rings. The van der Waals surface area contributed by atoms with Gasteiger partial charge in [0.2, 0.25) is 0 Å². The fourth-order valence-corrected chi connectivity index (χ4v) is 4.37. The number of carbonyl (C=O) groups excluding carboxylic acids is 2. The first-order valence-corrected chi connectivity index (χ1v) is 10.9. The minimum atomic E-state index is -0.227. The van der Waals surface area contributed by atoms with Gasteiger partial charge in [0.25, 0.3) is 11.8 Å². The predicted octanol–water partition coefficient (Wildman–Crippen LogP) is 2.77. The van der Waals surface area contributed by atoms with E-state index in [2.05, 4.69) is 37.7 Å². The molecule has 0 aliphatic carbocycles. The molecule has 3 heterocycles. The zero-order valence-electron chi connectivity index (χ0n) is 17.4. The number of aromatic nitrogens is 2. The Bertz CT molecular complexity index is 1050. The Morgan fingerprint density at radius 1 is 1.10 bits per heavy atom. The van der Waals surface area contributed by atoms with E-state index in [-0.39, 0.29) is 17.9 Å². The normalized spacial score (nSPS) is 15.0. The number of anilines is 2. The van der Waals surface area contributed by atoms with Gasteiger partial charge < -0.3 is 20.4 Å². The lowest BCUT2D eigenvalue weighted by molar-refractivity contribution is 0.0946. The fraction of sp³-hybridized carbons (Fsp3) is 0.381. The summed E-state index contributed by atoms with van der Waals surface area (Å²) < 4.78 is 0.756. The van der Waals surface area contributed by atoms with E-state index in [1.807, 2.05) is 38.1 Å². The van der Waals surface area contributed by atoms with Crippen molar-refractivity contribution in [1.82, 2.24) is 20.4 Å². The number of amides is 2. The lowest BCUT2D eigenvalue weighted by atomic mass is 10.1. The first-order valence-electron chi connectivity index (χ1n) is 10.0. The molecule has 0 bridgehead atoms. The molecule has 2 aromatic heterocycles. The van der Waals surface area contributed by atoms with Gasteiger partial charge in [-0.25, -0.2) is 0 Å². The highest BCUT2D eigenvalue weighted by Crippen LogP contribution is 2.30. The summed E-state index contributed by atoms with van der Waals surface area (Å²) in [6, 6.07) is 9.46. The number of hydrogen-bond donors (Lipinski definition) is 3. The molecule has 9 heteroatoms. The van der Waals surface area contributed by atoms with Crippen molar-refractivity contribution < 1.29 is 9.59 Å². The van der Waals surface area contributed by atoms with Gasteiger partial charge in [0.15, 0.2) is 5.82 Å². The van der Waals surface area contributed by atoms with Crippen molar-refractivity contribution in [3.8, 4) is 0 Å². The summed E-state index contributed by atoms with van der Waals surface area (Å²) in [7, 11) is 2.13. The summed E-state index contributed by atoms with van der Waals surface area (Å²) in [6.45, 7) is 7.88. The van der Waals surface area contributed by atoms with E-state index >= 15 is 0 Å². The number of benzene rings is 1. The number of carbonyl (C=O) groups is 2. The van der Waals surface area contributed by atoms with Crippen molar-refractivity contribution in [2.24, 2.45) is 0 Å². The van der Waals surface area contributed by atoms with Gasteiger partial charge in [0.05, 0.1) is 15.1 Å². The molecule has 1 saturated heterocycles. The number of H-pyrrole nitrogens is 1. The zero-order chi connectivity index (χ0) is 21.3. The van der Waals surface area contributed by atoms with Gasteiger partial charge in [-0.2, -0.15) is 5.10 Å². The Hall–Kier alpha value is -2.91. The Kier molecular flexibility index (Phi) is 5.74. The smallest absolute Gasteiger partial charge is 0.261 e. The van der Waals surface area contributed by atoms with E-state index in [4.69, 9.17) is 0 Å². The summed E-state index contributed by atoms with van der Waals surface area (Å²) in [5, 5.41) is 12.8. The lowest BCUT2D eigenvalue weighted by Gasteiger charge is -2.34. The molecule has 8 nitrogen and oxygen atoms in total. The second-order valence-corrected chi connectivity index (χ2v) is 8.90. The minimum absolute atomic E-state index is 0.0593. The molecule has 1 aliphatic heterocycles. The van der Waals surface area contributed by atoms with Gasteiger partial charge >= 0.3 is 0 Å². The third-order valence-corrected chi connectivity index (χ3v) is 6.25. The van der Waals surface area contributed by atoms with Crippen molar-refractivity contribution in [2.75, 3.05) is 43.4 Å². The molecule has 2 amide bonds. The maximum Gasteiger partial charge on any atom is 0.261 e. The number of piperazine rings is 1. The number of thiophene rings is 1. The average molecular weight is 427 g/mol. The summed E-state index contributed by atoms with van der Waals surface area (Å²) in [4.78, 5) is 30.2. The highest BCUT2D eigenvalue weighted by Gasteiger charge is 2.18. The van der Waals surface area contributed by atoms with Crippen molar-refractivity contribution in [1.29, 1.82) is 0 Å². The van der Waals surface area contributed by atoms with E-state index in [0.717, 1.165) is 42.1 Å². The van der Waals surface area contributed by atoms with Crippen molar-refractivity contribution >= 4 is 44.9 Å². The number of rotatable bonds is 5. The molecular formula is C21H26N6O2S. The molecule has 1 aromatic carbocycles. The third-order valence-electron chi connectivity index (χ3n) is 5.11. The quantitative estimate of drug-likeness (QED) is 0.583. The Morgan fingerprint density at radius 3 is 2.47 bits per heavy atom. The maximum atomic E-state index is 12.7. The van der Waals surface area contributed by atoms with Gasteiger partial charge in [-0.15, -0.1) is 11.3 Å². The molecule has 0 unspecified atom stereocenters. The van der Waals surface area contributed by atoms with Gasteiger partial charge in [0, 0.05) is 43.5 Å². The van der Waals surface area contributed by atoms with Crippen LogP contribution < -0.4 is 15.5 Å². The summed E-state index contributed by atoms with van der Waals surface area (Å²) in [5.41, 5.74) is 2.42. The van der Waals surface area contributed by atoms with Crippen LogP contribution in [0, 0.1) is 0 Å². The van der Waals surface area contributed by atoms with Crippen molar-refractivity contribution in [2.45, 2.75) is 19.9 Å². The molecule has 0 saturated carbocycles. The van der Waals surface area contributed by atoms with Crippen molar-refractivity contribution in [3.05, 3.63) is 40.8 Å². The highest BCUT2D eigenvalue weighted by atomic mass is 32.1. The van der Waals surface area contributed by atoms with E-state index < -0.39 is 0 Å². The van der Waals surface area contributed by atoms with Crippen LogP contribution in [0.4, 0.5) is 11.5 Å².